The van der Waals surface area contributed by atoms with Gasteiger partial charge in [0.25, 0.3) is 5.71 Å². The number of rotatable bonds is 7. The second kappa shape index (κ2) is 9.73. The Bertz CT molecular complexity index is 847. The molecule has 2 aliphatic rings. The highest BCUT2D eigenvalue weighted by Gasteiger charge is 2.28. The van der Waals surface area contributed by atoms with Crippen molar-refractivity contribution in [2.24, 2.45) is 5.92 Å². The van der Waals surface area contributed by atoms with E-state index in [1.165, 1.54) is 38.4 Å². The molecule has 1 atom stereocenters. The van der Waals surface area contributed by atoms with Crippen molar-refractivity contribution in [3.63, 3.8) is 0 Å². The zero-order valence-corrected chi connectivity index (χ0v) is 18.3. The van der Waals surface area contributed by atoms with Crippen LogP contribution in [0.5, 0.6) is 0 Å². The molecule has 0 aromatic carbocycles. The topological polar surface area (TPSA) is 87.4 Å². The van der Waals surface area contributed by atoms with Crippen molar-refractivity contribution in [1.82, 2.24) is 25.3 Å². The van der Waals surface area contributed by atoms with E-state index in [9.17, 15) is 4.79 Å². The second-order valence-electron chi connectivity index (χ2n) is 8.85. The molecule has 0 spiro atoms. The first-order valence-corrected chi connectivity index (χ1v) is 11.4. The summed E-state index contributed by atoms with van der Waals surface area (Å²) in [4.78, 5) is 26.1. The highest BCUT2D eigenvalue weighted by atomic mass is 16.5. The Balaban J connectivity index is 1.27. The minimum Gasteiger partial charge on any atom is -0.356 e. The number of nitrogens with zero attached hydrogens (tertiary/aromatic N) is 5. The Morgan fingerprint density at radius 2 is 2.07 bits per heavy atom. The molecule has 4 rings (SSSR count). The molecular weight excluding hydrogens is 380 g/mol. The van der Waals surface area contributed by atoms with Crippen LogP contribution in [0.4, 0.5) is 5.82 Å². The molecule has 8 nitrogen and oxygen atoms in total. The van der Waals surface area contributed by atoms with Gasteiger partial charge in [0.1, 0.15) is 17.5 Å². The van der Waals surface area contributed by atoms with Gasteiger partial charge in [0.15, 0.2) is 0 Å². The number of piperidine rings is 1. The van der Waals surface area contributed by atoms with Crippen molar-refractivity contribution in [2.45, 2.75) is 64.3 Å². The summed E-state index contributed by atoms with van der Waals surface area (Å²) in [6.07, 6.45) is 11.1. The van der Waals surface area contributed by atoms with Gasteiger partial charge in [-0.25, -0.2) is 4.98 Å². The molecule has 2 aromatic heterocycles. The van der Waals surface area contributed by atoms with E-state index in [0.29, 0.717) is 12.3 Å². The maximum atomic E-state index is 12.8. The first-order valence-electron chi connectivity index (χ1n) is 11.4. The highest BCUT2D eigenvalue weighted by molar-refractivity contribution is 5.88. The average molecular weight is 415 g/mol. The maximum Gasteiger partial charge on any atom is 0.263 e. The van der Waals surface area contributed by atoms with E-state index in [4.69, 9.17) is 4.52 Å². The number of aryl methyl sites for hydroxylation is 1. The highest BCUT2D eigenvalue weighted by Crippen LogP contribution is 2.29. The third kappa shape index (κ3) is 4.74. The van der Waals surface area contributed by atoms with Crippen LogP contribution in [0, 0.1) is 12.8 Å². The zero-order valence-electron chi connectivity index (χ0n) is 18.3. The van der Waals surface area contributed by atoms with Gasteiger partial charge in [-0.3, -0.25) is 4.79 Å². The van der Waals surface area contributed by atoms with E-state index in [1.807, 2.05) is 6.92 Å². The number of carbonyl (C=O) groups is 1. The zero-order chi connectivity index (χ0) is 20.9. The summed E-state index contributed by atoms with van der Waals surface area (Å²) in [7, 11) is 2.23. The molecular formula is C22H34N6O2. The van der Waals surface area contributed by atoms with Gasteiger partial charge in [-0.2, -0.15) is 4.98 Å². The van der Waals surface area contributed by atoms with Crippen LogP contribution < -0.4 is 10.2 Å². The normalized spacial score (nSPS) is 20.8. The van der Waals surface area contributed by atoms with E-state index < -0.39 is 0 Å². The second-order valence-corrected chi connectivity index (χ2v) is 8.85. The van der Waals surface area contributed by atoms with Gasteiger partial charge in [0, 0.05) is 25.7 Å². The first kappa shape index (κ1) is 21.0. The fraction of sp³-hybridized carbons (Fsp3) is 0.727. The predicted molar refractivity (Wildman–Crippen MR) is 116 cm³/mol. The van der Waals surface area contributed by atoms with Gasteiger partial charge in [0.05, 0.1) is 11.6 Å². The molecule has 1 amide bonds. The molecule has 164 valence electrons. The number of anilines is 1. The van der Waals surface area contributed by atoms with E-state index in [2.05, 4.69) is 37.3 Å². The lowest BCUT2D eigenvalue weighted by atomic mass is 9.94. The van der Waals surface area contributed by atoms with E-state index in [1.54, 1.807) is 0 Å². The number of fused-ring (bicyclic) bond motifs is 1. The lowest BCUT2D eigenvalue weighted by Gasteiger charge is -2.33. The van der Waals surface area contributed by atoms with Crippen LogP contribution in [0.1, 0.15) is 57.1 Å². The number of hydrogen-bond donors (Lipinski definition) is 1. The summed E-state index contributed by atoms with van der Waals surface area (Å²) in [5.74, 6) is 0.970. The monoisotopic (exact) mass is 414 g/mol. The molecule has 3 heterocycles. The van der Waals surface area contributed by atoms with Crippen molar-refractivity contribution in [2.75, 3.05) is 38.1 Å². The molecule has 1 N–H and O–H groups in total. The number of hydrogen-bond acceptors (Lipinski definition) is 7. The summed E-state index contributed by atoms with van der Waals surface area (Å²) in [5.41, 5.74) is 1.29. The van der Waals surface area contributed by atoms with Gasteiger partial charge in [-0.1, -0.05) is 24.4 Å². The summed E-state index contributed by atoms with van der Waals surface area (Å²) >= 11 is 0. The Kier molecular flexibility index (Phi) is 6.82. The summed E-state index contributed by atoms with van der Waals surface area (Å²) in [5, 5.41) is 8.04. The lowest BCUT2D eigenvalue weighted by molar-refractivity contribution is -0.125. The molecule has 2 aromatic rings. The molecule has 1 aliphatic heterocycles. The molecule has 1 saturated carbocycles. The minimum atomic E-state index is -0.0139. The summed E-state index contributed by atoms with van der Waals surface area (Å²) in [6, 6.07) is 0.729. The lowest BCUT2D eigenvalue weighted by Crippen LogP contribution is -2.44. The third-order valence-electron chi connectivity index (χ3n) is 6.70. The Morgan fingerprint density at radius 3 is 2.90 bits per heavy atom. The fourth-order valence-corrected chi connectivity index (χ4v) is 4.92. The largest absolute Gasteiger partial charge is 0.356 e. The minimum absolute atomic E-state index is 0.0139. The van der Waals surface area contributed by atoms with Crippen LogP contribution in [-0.4, -0.2) is 65.2 Å². The Labute approximate surface area is 178 Å². The molecule has 0 radical (unpaired) electrons. The summed E-state index contributed by atoms with van der Waals surface area (Å²) < 4.78 is 5.27. The maximum absolute atomic E-state index is 12.8. The molecule has 2 fully saturated rings. The predicted octanol–water partition coefficient (Wildman–Crippen LogP) is 2.91. The van der Waals surface area contributed by atoms with Crippen molar-refractivity contribution >= 4 is 22.8 Å². The van der Waals surface area contributed by atoms with Crippen molar-refractivity contribution < 1.29 is 9.32 Å². The molecule has 1 aliphatic carbocycles. The fourth-order valence-electron chi connectivity index (χ4n) is 4.92. The van der Waals surface area contributed by atoms with Crippen LogP contribution in [0.3, 0.4) is 0 Å². The first-order chi connectivity index (χ1) is 14.6. The number of carbonyl (C=O) groups excluding carboxylic acids is 1. The molecule has 1 saturated heterocycles. The van der Waals surface area contributed by atoms with E-state index in [-0.39, 0.29) is 11.8 Å². The van der Waals surface area contributed by atoms with Gasteiger partial charge in [0.2, 0.25) is 5.91 Å². The molecule has 30 heavy (non-hydrogen) atoms. The molecule has 8 heteroatoms. The Morgan fingerprint density at radius 1 is 1.23 bits per heavy atom. The number of nitrogens with one attached hydrogen (secondary N) is 1. The van der Waals surface area contributed by atoms with Gasteiger partial charge >= 0.3 is 0 Å². The van der Waals surface area contributed by atoms with Gasteiger partial charge < -0.3 is 19.6 Å². The summed E-state index contributed by atoms with van der Waals surface area (Å²) in [6.45, 7) is 5.25. The smallest absolute Gasteiger partial charge is 0.263 e. The van der Waals surface area contributed by atoms with Crippen LogP contribution >= 0.6 is 0 Å². The van der Waals surface area contributed by atoms with Gasteiger partial charge in [-0.05, 0) is 52.6 Å². The van der Waals surface area contributed by atoms with Gasteiger partial charge in [-0.15, -0.1) is 0 Å². The SMILES string of the molecule is Cc1noc2ncnc(N3CCCC(C(=O)NCCCN(C)C4CCCCC4)C3)c12. The standard InChI is InChI=1S/C22H34N6O2/c1-16-19-20(24-15-25-22(19)30-26-16)28-13-6-8-17(14-28)21(29)23-11-7-12-27(2)18-9-4-3-5-10-18/h15,17-18H,3-14H2,1-2H3,(H,23,29). The third-order valence-corrected chi connectivity index (χ3v) is 6.70. The van der Waals surface area contributed by atoms with Crippen LogP contribution in [0.2, 0.25) is 0 Å². The van der Waals surface area contributed by atoms with E-state index in [0.717, 1.165) is 61.8 Å². The van der Waals surface area contributed by atoms with Crippen molar-refractivity contribution in [3.05, 3.63) is 12.0 Å². The van der Waals surface area contributed by atoms with E-state index >= 15 is 0 Å². The quantitative estimate of drug-likeness (QED) is 0.697. The van der Waals surface area contributed by atoms with Crippen LogP contribution in [0.25, 0.3) is 11.1 Å². The Hall–Kier alpha value is -2.22. The number of aromatic nitrogens is 3. The van der Waals surface area contributed by atoms with Crippen molar-refractivity contribution in [3.8, 4) is 0 Å². The van der Waals surface area contributed by atoms with Crippen molar-refractivity contribution in [1.29, 1.82) is 0 Å². The number of amides is 1. The average Bonchev–Trinajstić information content (AvgIpc) is 3.18. The van der Waals surface area contributed by atoms with Crippen LogP contribution in [0.15, 0.2) is 10.9 Å². The van der Waals surface area contributed by atoms with Crippen LogP contribution in [-0.2, 0) is 4.79 Å². The molecule has 0 bridgehead atoms. The molecule has 1 unspecified atom stereocenters.